The minimum absolute atomic E-state index is 0.0555. The van der Waals surface area contributed by atoms with E-state index in [0.29, 0.717) is 24.2 Å². The molecule has 2 aromatic rings. The maximum atomic E-state index is 10.7. The maximum Gasteiger partial charge on any atom is 0.225 e. The number of aromatic nitrogens is 2. The molecule has 7 heteroatoms. The Morgan fingerprint density at radius 2 is 2.22 bits per heavy atom. The number of fused-ring (bicyclic) bond motifs is 1. The van der Waals surface area contributed by atoms with Crippen molar-refractivity contribution >= 4 is 45.0 Å². The van der Waals surface area contributed by atoms with Gasteiger partial charge in [0.25, 0.3) is 0 Å². The summed E-state index contributed by atoms with van der Waals surface area (Å²) in [6.45, 7) is 4.57. The fourth-order valence-electron chi connectivity index (χ4n) is 1.50. The van der Waals surface area contributed by atoms with Gasteiger partial charge in [0, 0.05) is 30.3 Å². The average molecular weight is 285 g/mol. The van der Waals surface area contributed by atoms with E-state index in [2.05, 4.69) is 20.6 Å². The second kappa shape index (κ2) is 5.49. The van der Waals surface area contributed by atoms with Crippen molar-refractivity contribution < 1.29 is 4.79 Å². The molecule has 0 atom stereocenters. The van der Waals surface area contributed by atoms with Gasteiger partial charge in [-0.25, -0.2) is 9.97 Å². The first-order valence-electron chi connectivity index (χ1n) is 5.48. The normalized spacial score (nSPS) is 10.6. The first-order valence-corrected chi connectivity index (χ1v) is 6.67. The molecule has 0 saturated heterocycles. The number of rotatable bonds is 4. The molecule has 0 aliphatic carbocycles. The van der Waals surface area contributed by atoms with Gasteiger partial charge in [-0.1, -0.05) is 11.6 Å². The van der Waals surface area contributed by atoms with Gasteiger partial charge in [0.05, 0.1) is 0 Å². The Labute approximate surface area is 114 Å². The molecule has 2 rings (SSSR count). The van der Waals surface area contributed by atoms with Gasteiger partial charge in [0.2, 0.25) is 11.9 Å². The molecule has 96 valence electrons. The highest BCUT2D eigenvalue weighted by atomic mass is 35.5. The van der Waals surface area contributed by atoms with Crippen molar-refractivity contribution in [2.75, 3.05) is 18.4 Å². The number of carbonyl (C=O) groups excluding carboxylic acids is 1. The number of hydrogen-bond acceptors (Lipinski definition) is 5. The summed E-state index contributed by atoms with van der Waals surface area (Å²) in [7, 11) is 0. The van der Waals surface area contributed by atoms with E-state index in [4.69, 9.17) is 11.6 Å². The minimum Gasteiger partial charge on any atom is -0.355 e. The lowest BCUT2D eigenvalue weighted by atomic mass is 10.4. The third-order valence-corrected chi connectivity index (χ3v) is 3.48. The number of carbonyl (C=O) groups is 1. The lowest BCUT2D eigenvalue weighted by molar-refractivity contribution is -0.118. The molecule has 0 bridgehead atoms. The largest absolute Gasteiger partial charge is 0.355 e. The molecule has 0 fully saturated rings. The summed E-state index contributed by atoms with van der Waals surface area (Å²) in [4.78, 5) is 21.3. The van der Waals surface area contributed by atoms with E-state index in [9.17, 15) is 4.79 Å². The van der Waals surface area contributed by atoms with Crippen molar-refractivity contribution in [3.8, 4) is 0 Å². The molecule has 5 nitrogen and oxygen atoms in total. The van der Waals surface area contributed by atoms with Gasteiger partial charge in [-0.2, -0.15) is 0 Å². The van der Waals surface area contributed by atoms with Crippen LogP contribution in [-0.2, 0) is 4.79 Å². The SMILES string of the molecule is CC(=O)NCCNc1nc(Cl)c2cc(C)sc2n1. The molecule has 2 N–H and O–H groups in total. The Morgan fingerprint density at radius 1 is 1.44 bits per heavy atom. The van der Waals surface area contributed by atoms with Crippen LogP contribution in [0.4, 0.5) is 5.95 Å². The molecule has 0 aliphatic heterocycles. The summed E-state index contributed by atoms with van der Waals surface area (Å²) in [5.74, 6) is 0.430. The van der Waals surface area contributed by atoms with Gasteiger partial charge in [-0.3, -0.25) is 4.79 Å². The highest BCUT2D eigenvalue weighted by Crippen LogP contribution is 2.29. The van der Waals surface area contributed by atoms with E-state index in [-0.39, 0.29) is 5.91 Å². The second-order valence-electron chi connectivity index (χ2n) is 3.82. The molecule has 1 amide bonds. The van der Waals surface area contributed by atoms with E-state index in [1.54, 1.807) is 11.3 Å². The number of hydrogen-bond donors (Lipinski definition) is 2. The monoisotopic (exact) mass is 284 g/mol. The van der Waals surface area contributed by atoms with Crippen LogP contribution in [0.1, 0.15) is 11.8 Å². The molecule has 0 spiro atoms. The third-order valence-electron chi connectivity index (χ3n) is 2.25. The van der Waals surface area contributed by atoms with Crippen LogP contribution >= 0.6 is 22.9 Å². The molecule has 18 heavy (non-hydrogen) atoms. The zero-order valence-corrected chi connectivity index (χ0v) is 11.7. The van der Waals surface area contributed by atoms with Crippen LogP contribution in [0.15, 0.2) is 6.07 Å². The molecule has 2 heterocycles. The van der Waals surface area contributed by atoms with Gasteiger partial charge >= 0.3 is 0 Å². The Morgan fingerprint density at radius 3 is 2.94 bits per heavy atom. The standard InChI is InChI=1S/C11H13ClN4OS/c1-6-5-8-9(12)15-11(16-10(8)18-6)14-4-3-13-7(2)17/h5H,3-4H2,1-2H3,(H,13,17)(H,14,15,16). The summed E-state index contributed by atoms with van der Waals surface area (Å²) in [5, 5.41) is 7.04. The van der Waals surface area contributed by atoms with Crippen molar-refractivity contribution in [1.29, 1.82) is 0 Å². The topological polar surface area (TPSA) is 66.9 Å². The van der Waals surface area contributed by atoms with Crippen LogP contribution < -0.4 is 10.6 Å². The number of halogens is 1. The van der Waals surface area contributed by atoms with Crippen LogP contribution in [0.25, 0.3) is 10.2 Å². The van der Waals surface area contributed by atoms with E-state index >= 15 is 0 Å². The van der Waals surface area contributed by atoms with Crippen molar-refractivity contribution in [1.82, 2.24) is 15.3 Å². The van der Waals surface area contributed by atoms with Crippen LogP contribution in [0.2, 0.25) is 5.15 Å². The molecule has 0 saturated carbocycles. The smallest absolute Gasteiger partial charge is 0.225 e. The summed E-state index contributed by atoms with van der Waals surface area (Å²) < 4.78 is 0. The zero-order valence-electron chi connectivity index (χ0n) is 10.1. The lowest BCUT2D eigenvalue weighted by Gasteiger charge is -2.05. The minimum atomic E-state index is -0.0555. The number of nitrogens with zero attached hydrogens (tertiary/aromatic N) is 2. The Bertz CT molecular complexity index is 584. The Kier molecular flexibility index (Phi) is 3.98. The number of amides is 1. The number of anilines is 1. The van der Waals surface area contributed by atoms with Crippen LogP contribution in [0.5, 0.6) is 0 Å². The second-order valence-corrected chi connectivity index (χ2v) is 5.42. The highest BCUT2D eigenvalue weighted by Gasteiger charge is 2.08. The van der Waals surface area contributed by atoms with E-state index in [0.717, 1.165) is 15.1 Å². The summed E-state index contributed by atoms with van der Waals surface area (Å²) in [5.41, 5.74) is 0. The van der Waals surface area contributed by atoms with Crippen molar-refractivity contribution in [3.05, 3.63) is 16.1 Å². The molecular weight excluding hydrogens is 272 g/mol. The van der Waals surface area contributed by atoms with Gasteiger partial charge < -0.3 is 10.6 Å². The maximum absolute atomic E-state index is 10.7. The van der Waals surface area contributed by atoms with Crippen molar-refractivity contribution in [2.45, 2.75) is 13.8 Å². The average Bonchev–Trinajstić information content (AvgIpc) is 2.65. The lowest BCUT2D eigenvalue weighted by Crippen LogP contribution is -2.26. The van der Waals surface area contributed by atoms with Gasteiger partial charge in [-0.05, 0) is 13.0 Å². The fraction of sp³-hybridized carbons (Fsp3) is 0.364. The first-order chi connectivity index (χ1) is 8.56. The Balaban J connectivity index is 2.07. The number of aryl methyl sites for hydroxylation is 1. The fourth-order valence-corrected chi connectivity index (χ4v) is 2.66. The van der Waals surface area contributed by atoms with Crippen molar-refractivity contribution in [3.63, 3.8) is 0 Å². The van der Waals surface area contributed by atoms with Gasteiger partial charge in [0.1, 0.15) is 9.98 Å². The van der Waals surface area contributed by atoms with Gasteiger partial charge in [-0.15, -0.1) is 11.3 Å². The molecule has 0 aliphatic rings. The van der Waals surface area contributed by atoms with Crippen LogP contribution in [0, 0.1) is 6.92 Å². The Hall–Kier alpha value is -1.40. The molecule has 2 aromatic heterocycles. The quantitative estimate of drug-likeness (QED) is 0.667. The highest BCUT2D eigenvalue weighted by molar-refractivity contribution is 7.18. The van der Waals surface area contributed by atoms with Crippen LogP contribution in [0.3, 0.4) is 0 Å². The molecular formula is C11H13ClN4OS. The number of thiophene rings is 1. The molecule has 0 aromatic carbocycles. The van der Waals surface area contributed by atoms with Crippen molar-refractivity contribution in [2.24, 2.45) is 0 Å². The van der Waals surface area contributed by atoms with E-state index < -0.39 is 0 Å². The predicted molar refractivity (Wildman–Crippen MR) is 74.3 cm³/mol. The summed E-state index contributed by atoms with van der Waals surface area (Å²) in [6, 6.07) is 1.98. The van der Waals surface area contributed by atoms with E-state index in [1.807, 2.05) is 13.0 Å². The molecule has 0 radical (unpaired) electrons. The number of nitrogens with one attached hydrogen (secondary N) is 2. The van der Waals surface area contributed by atoms with Gasteiger partial charge in [0.15, 0.2) is 0 Å². The third kappa shape index (κ3) is 3.08. The van der Waals surface area contributed by atoms with E-state index in [1.165, 1.54) is 6.92 Å². The summed E-state index contributed by atoms with van der Waals surface area (Å²) in [6.07, 6.45) is 0. The molecule has 0 unspecified atom stereocenters. The summed E-state index contributed by atoms with van der Waals surface area (Å²) >= 11 is 7.66. The van der Waals surface area contributed by atoms with Crippen LogP contribution in [-0.4, -0.2) is 29.0 Å². The first kappa shape index (κ1) is 13.0. The zero-order chi connectivity index (χ0) is 13.1. The predicted octanol–water partition coefficient (Wildman–Crippen LogP) is 2.20.